The first-order valence-electron chi connectivity index (χ1n) is 5.37. The molecule has 0 radical (unpaired) electrons. The van der Waals surface area contributed by atoms with Gasteiger partial charge in [-0.25, -0.2) is 14.1 Å². The highest BCUT2D eigenvalue weighted by Gasteiger charge is 2.12. The molecule has 0 aliphatic carbocycles. The summed E-state index contributed by atoms with van der Waals surface area (Å²) < 4.78 is 15.4. The molecular weight excluding hydrogens is 233 g/mol. The van der Waals surface area contributed by atoms with Gasteiger partial charge in [-0.2, -0.15) is 5.10 Å². The molecule has 0 aliphatic heterocycles. The van der Waals surface area contributed by atoms with Crippen molar-refractivity contribution in [1.29, 1.82) is 0 Å². The number of nitrogens with two attached hydrogens (primary N) is 1. The number of nitrogen functional groups attached to an aromatic ring is 1. The number of hydrogen-bond donors (Lipinski definition) is 1. The monoisotopic (exact) mass is 243 g/mol. The van der Waals surface area contributed by atoms with Crippen molar-refractivity contribution in [3.8, 4) is 5.69 Å². The Morgan fingerprint density at radius 1 is 1.28 bits per heavy atom. The lowest BCUT2D eigenvalue weighted by atomic mass is 10.3. The molecule has 0 atom stereocenters. The summed E-state index contributed by atoms with van der Waals surface area (Å²) in [6.45, 7) is 1.88. The summed E-state index contributed by atoms with van der Waals surface area (Å²) in [5, 5.41) is 4.52. The Hall–Kier alpha value is -2.50. The highest BCUT2D eigenvalue weighted by Crippen LogP contribution is 2.22. The largest absolute Gasteiger partial charge is 0.381 e. The molecule has 2 N–H and O–H groups in total. The maximum atomic E-state index is 13.8. The number of pyridine rings is 2. The molecule has 3 aromatic heterocycles. The number of hydrogen-bond acceptors (Lipinski definition) is 4. The van der Waals surface area contributed by atoms with Crippen LogP contribution in [0.2, 0.25) is 0 Å². The van der Waals surface area contributed by atoms with Crippen molar-refractivity contribution in [2.45, 2.75) is 6.92 Å². The lowest BCUT2D eigenvalue weighted by molar-refractivity contribution is 0.639. The number of fused-ring (bicyclic) bond motifs is 1. The second kappa shape index (κ2) is 3.76. The van der Waals surface area contributed by atoms with E-state index in [-0.39, 0.29) is 5.82 Å². The van der Waals surface area contributed by atoms with Gasteiger partial charge >= 0.3 is 0 Å². The topological polar surface area (TPSA) is 69.6 Å². The summed E-state index contributed by atoms with van der Waals surface area (Å²) >= 11 is 0. The number of anilines is 1. The van der Waals surface area contributed by atoms with Crippen LogP contribution in [0, 0.1) is 12.7 Å². The Kier molecular flexibility index (Phi) is 2.22. The van der Waals surface area contributed by atoms with Gasteiger partial charge in [0.05, 0.1) is 29.0 Å². The minimum atomic E-state index is -0.537. The van der Waals surface area contributed by atoms with E-state index in [9.17, 15) is 4.39 Å². The first-order valence-corrected chi connectivity index (χ1v) is 5.37. The van der Waals surface area contributed by atoms with Crippen LogP contribution < -0.4 is 5.73 Å². The second-order valence-corrected chi connectivity index (χ2v) is 3.97. The molecule has 18 heavy (non-hydrogen) atoms. The van der Waals surface area contributed by atoms with E-state index in [1.54, 1.807) is 16.9 Å². The summed E-state index contributed by atoms with van der Waals surface area (Å²) in [6.07, 6.45) is 4.63. The van der Waals surface area contributed by atoms with Gasteiger partial charge in [-0.1, -0.05) is 0 Å². The summed E-state index contributed by atoms with van der Waals surface area (Å²) in [7, 11) is 0. The number of aryl methyl sites for hydroxylation is 1. The van der Waals surface area contributed by atoms with Gasteiger partial charge in [-0.3, -0.25) is 4.98 Å². The quantitative estimate of drug-likeness (QED) is 0.708. The fourth-order valence-corrected chi connectivity index (χ4v) is 1.84. The van der Waals surface area contributed by atoms with Crippen molar-refractivity contribution in [3.63, 3.8) is 0 Å². The SMILES string of the molecule is Cc1cc(-n2ncc3c(F)c(N)ncc32)ccn1. The van der Waals surface area contributed by atoms with Gasteiger partial charge in [0, 0.05) is 11.9 Å². The van der Waals surface area contributed by atoms with Crippen molar-refractivity contribution >= 4 is 16.7 Å². The Bertz CT molecular complexity index is 734. The predicted molar refractivity (Wildman–Crippen MR) is 65.8 cm³/mol. The number of nitrogens with zero attached hydrogens (tertiary/aromatic N) is 4. The van der Waals surface area contributed by atoms with Gasteiger partial charge in [-0.15, -0.1) is 0 Å². The first-order chi connectivity index (χ1) is 8.66. The summed E-state index contributed by atoms with van der Waals surface area (Å²) in [4.78, 5) is 7.92. The zero-order valence-electron chi connectivity index (χ0n) is 9.63. The molecule has 0 unspecified atom stereocenters. The van der Waals surface area contributed by atoms with Crippen molar-refractivity contribution in [2.75, 3.05) is 5.73 Å². The van der Waals surface area contributed by atoms with Gasteiger partial charge in [0.2, 0.25) is 0 Å². The van der Waals surface area contributed by atoms with Crippen LogP contribution in [0.15, 0.2) is 30.7 Å². The Morgan fingerprint density at radius 2 is 2.11 bits per heavy atom. The van der Waals surface area contributed by atoms with Crippen molar-refractivity contribution in [3.05, 3.63) is 42.2 Å². The van der Waals surface area contributed by atoms with Gasteiger partial charge in [-0.05, 0) is 19.1 Å². The van der Waals surface area contributed by atoms with E-state index < -0.39 is 5.82 Å². The minimum Gasteiger partial charge on any atom is -0.381 e. The summed E-state index contributed by atoms with van der Waals surface area (Å²) in [5.74, 6) is -0.655. The molecule has 0 amide bonds. The van der Waals surface area contributed by atoms with E-state index in [4.69, 9.17) is 5.73 Å². The smallest absolute Gasteiger partial charge is 0.176 e. The third-order valence-electron chi connectivity index (χ3n) is 2.72. The van der Waals surface area contributed by atoms with E-state index >= 15 is 0 Å². The van der Waals surface area contributed by atoms with Gasteiger partial charge in [0.15, 0.2) is 11.6 Å². The van der Waals surface area contributed by atoms with Crippen LogP contribution in [-0.4, -0.2) is 19.7 Å². The third kappa shape index (κ3) is 1.50. The summed E-state index contributed by atoms with van der Waals surface area (Å²) in [6, 6.07) is 3.66. The fourth-order valence-electron chi connectivity index (χ4n) is 1.84. The lowest BCUT2D eigenvalue weighted by Crippen LogP contribution is -1.99. The molecule has 0 aromatic carbocycles. The van der Waals surface area contributed by atoms with Gasteiger partial charge in [0.25, 0.3) is 0 Å². The van der Waals surface area contributed by atoms with E-state index in [0.29, 0.717) is 10.9 Å². The van der Waals surface area contributed by atoms with Crippen LogP contribution >= 0.6 is 0 Å². The Morgan fingerprint density at radius 3 is 2.89 bits per heavy atom. The molecule has 3 rings (SSSR count). The molecule has 0 aliphatic rings. The number of halogens is 1. The Labute approximate surface area is 102 Å². The maximum Gasteiger partial charge on any atom is 0.176 e. The summed E-state index contributed by atoms with van der Waals surface area (Å²) in [5.41, 5.74) is 7.67. The first kappa shape index (κ1) is 10.6. The second-order valence-electron chi connectivity index (χ2n) is 3.97. The van der Waals surface area contributed by atoms with Crippen molar-refractivity contribution < 1.29 is 4.39 Å². The number of rotatable bonds is 1. The van der Waals surface area contributed by atoms with Crippen molar-refractivity contribution in [1.82, 2.24) is 19.7 Å². The zero-order chi connectivity index (χ0) is 12.7. The van der Waals surface area contributed by atoms with E-state index in [2.05, 4.69) is 15.1 Å². The zero-order valence-corrected chi connectivity index (χ0v) is 9.63. The Balaban J connectivity index is 2.28. The van der Waals surface area contributed by atoms with E-state index in [1.165, 1.54) is 12.4 Å². The molecule has 0 bridgehead atoms. The van der Waals surface area contributed by atoms with Crippen LogP contribution in [0.3, 0.4) is 0 Å². The van der Waals surface area contributed by atoms with Crippen LogP contribution in [0.25, 0.3) is 16.6 Å². The van der Waals surface area contributed by atoms with E-state index in [1.807, 2.05) is 13.0 Å². The molecule has 0 fully saturated rings. The van der Waals surface area contributed by atoms with Crippen molar-refractivity contribution in [2.24, 2.45) is 0 Å². The van der Waals surface area contributed by atoms with E-state index in [0.717, 1.165) is 11.4 Å². The minimum absolute atomic E-state index is 0.118. The third-order valence-corrected chi connectivity index (χ3v) is 2.72. The van der Waals surface area contributed by atoms with Crippen LogP contribution in [0.4, 0.5) is 10.2 Å². The molecule has 90 valence electrons. The molecule has 0 saturated carbocycles. The van der Waals surface area contributed by atoms with Crippen LogP contribution in [-0.2, 0) is 0 Å². The molecule has 5 nitrogen and oxygen atoms in total. The molecule has 6 heteroatoms. The molecule has 0 saturated heterocycles. The highest BCUT2D eigenvalue weighted by molar-refractivity contribution is 5.82. The molecule has 0 spiro atoms. The molecule has 3 heterocycles. The van der Waals surface area contributed by atoms with Crippen LogP contribution in [0.5, 0.6) is 0 Å². The standard InChI is InChI=1S/C12H10FN5/c1-7-4-8(2-3-15-7)18-10-6-16-12(14)11(13)9(10)5-17-18/h2-6H,1H3,(H2,14,16). The van der Waals surface area contributed by atoms with Gasteiger partial charge in [0.1, 0.15) is 0 Å². The number of aromatic nitrogens is 4. The maximum absolute atomic E-state index is 13.8. The molecule has 3 aromatic rings. The molecular formula is C12H10FN5. The fraction of sp³-hybridized carbons (Fsp3) is 0.0833. The average molecular weight is 243 g/mol. The average Bonchev–Trinajstić information content (AvgIpc) is 2.78. The van der Waals surface area contributed by atoms with Crippen LogP contribution in [0.1, 0.15) is 5.69 Å². The van der Waals surface area contributed by atoms with Gasteiger partial charge < -0.3 is 5.73 Å². The normalized spacial score (nSPS) is 11.0. The highest BCUT2D eigenvalue weighted by atomic mass is 19.1. The lowest BCUT2D eigenvalue weighted by Gasteiger charge is -2.04. The predicted octanol–water partition coefficient (Wildman–Crippen LogP) is 1.85.